The first-order chi connectivity index (χ1) is 9.39. The summed E-state index contributed by atoms with van der Waals surface area (Å²) in [7, 11) is 1.78. The van der Waals surface area contributed by atoms with E-state index in [0.717, 1.165) is 19.7 Å². The maximum Gasteiger partial charge on any atom is 0.0641 e. The van der Waals surface area contributed by atoms with Gasteiger partial charge in [-0.1, -0.05) is 30.3 Å². The summed E-state index contributed by atoms with van der Waals surface area (Å²) < 4.78 is 5.42. The minimum absolute atomic E-state index is 0.00121. The summed E-state index contributed by atoms with van der Waals surface area (Å²) in [6.45, 7) is 11.9. The molecule has 1 aliphatic rings. The van der Waals surface area contributed by atoms with Gasteiger partial charge in [-0.05, 0) is 33.3 Å². The SMILES string of the molecule is COCC(C)(C)N1CC(C)(c2ccccc2)NCC1C. The van der Waals surface area contributed by atoms with Crippen molar-refractivity contribution in [2.24, 2.45) is 0 Å². The molecule has 112 valence electrons. The average Bonchev–Trinajstić information content (AvgIpc) is 2.42. The van der Waals surface area contributed by atoms with Crippen LogP contribution in [0.1, 0.15) is 33.3 Å². The second kappa shape index (κ2) is 5.84. The molecule has 1 aromatic rings. The van der Waals surface area contributed by atoms with Gasteiger partial charge in [-0.2, -0.15) is 0 Å². The molecule has 1 aliphatic heterocycles. The Kier molecular flexibility index (Phi) is 4.52. The summed E-state index contributed by atoms with van der Waals surface area (Å²) in [6, 6.07) is 11.2. The van der Waals surface area contributed by atoms with E-state index >= 15 is 0 Å². The first-order valence-corrected chi connectivity index (χ1v) is 7.45. The third-order valence-corrected chi connectivity index (χ3v) is 4.49. The van der Waals surface area contributed by atoms with Crippen LogP contribution in [0.2, 0.25) is 0 Å². The molecule has 1 heterocycles. The number of benzene rings is 1. The molecule has 3 heteroatoms. The van der Waals surface area contributed by atoms with Gasteiger partial charge in [0.2, 0.25) is 0 Å². The van der Waals surface area contributed by atoms with Crippen molar-refractivity contribution in [3.05, 3.63) is 35.9 Å². The largest absolute Gasteiger partial charge is 0.383 e. The standard InChI is InChI=1S/C17H28N2O/c1-14-11-18-17(4,15-9-7-6-8-10-15)12-19(14)16(2,3)13-20-5/h6-10,14,18H,11-13H2,1-5H3. The molecule has 0 saturated carbocycles. The number of rotatable bonds is 4. The molecule has 0 spiro atoms. The Labute approximate surface area is 123 Å². The molecule has 3 nitrogen and oxygen atoms in total. The van der Waals surface area contributed by atoms with Crippen molar-refractivity contribution in [1.82, 2.24) is 10.2 Å². The van der Waals surface area contributed by atoms with Gasteiger partial charge < -0.3 is 10.1 Å². The first kappa shape index (κ1) is 15.5. The Balaban J connectivity index is 2.24. The van der Waals surface area contributed by atoms with E-state index in [1.165, 1.54) is 5.56 Å². The number of methoxy groups -OCH3 is 1. The molecule has 1 saturated heterocycles. The van der Waals surface area contributed by atoms with Gasteiger partial charge in [0.15, 0.2) is 0 Å². The molecule has 2 unspecified atom stereocenters. The van der Waals surface area contributed by atoms with Crippen LogP contribution in [0.15, 0.2) is 30.3 Å². The second-order valence-corrected chi connectivity index (χ2v) is 6.80. The van der Waals surface area contributed by atoms with Gasteiger partial charge in [0.25, 0.3) is 0 Å². The lowest BCUT2D eigenvalue weighted by Crippen LogP contribution is -2.66. The summed E-state index contributed by atoms with van der Waals surface area (Å²) in [4.78, 5) is 2.57. The van der Waals surface area contributed by atoms with Crippen molar-refractivity contribution >= 4 is 0 Å². The van der Waals surface area contributed by atoms with Gasteiger partial charge in [0, 0.05) is 31.8 Å². The van der Waals surface area contributed by atoms with Crippen LogP contribution in [0.4, 0.5) is 0 Å². The first-order valence-electron chi connectivity index (χ1n) is 7.45. The Morgan fingerprint density at radius 2 is 2.00 bits per heavy atom. The number of piperazine rings is 1. The lowest BCUT2D eigenvalue weighted by atomic mass is 9.86. The lowest BCUT2D eigenvalue weighted by Gasteiger charge is -2.51. The molecule has 0 aromatic heterocycles. The zero-order chi connectivity index (χ0) is 14.8. The van der Waals surface area contributed by atoms with Crippen LogP contribution in [-0.4, -0.2) is 43.3 Å². The molecule has 0 aliphatic carbocycles. The second-order valence-electron chi connectivity index (χ2n) is 6.80. The Bertz CT molecular complexity index is 432. The topological polar surface area (TPSA) is 24.5 Å². The zero-order valence-electron chi connectivity index (χ0n) is 13.4. The van der Waals surface area contributed by atoms with Crippen molar-refractivity contribution < 1.29 is 4.74 Å². The highest BCUT2D eigenvalue weighted by molar-refractivity contribution is 5.25. The van der Waals surface area contributed by atoms with Crippen LogP contribution < -0.4 is 5.32 Å². The van der Waals surface area contributed by atoms with Gasteiger partial charge in [-0.25, -0.2) is 0 Å². The molecule has 1 N–H and O–H groups in total. The molecular formula is C17H28N2O. The third kappa shape index (κ3) is 3.05. The van der Waals surface area contributed by atoms with Crippen LogP contribution in [0.5, 0.6) is 0 Å². The normalized spacial score (nSPS) is 28.6. The van der Waals surface area contributed by atoms with Crippen LogP contribution >= 0.6 is 0 Å². The van der Waals surface area contributed by atoms with Crippen LogP contribution in [0.3, 0.4) is 0 Å². The van der Waals surface area contributed by atoms with E-state index in [1.54, 1.807) is 7.11 Å². The van der Waals surface area contributed by atoms with E-state index in [-0.39, 0.29) is 11.1 Å². The van der Waals surface area contributed by atoms with E-state index in [4.69, 9.17) is 4.74 Å². The van der Waals surface area contributed by atoms with E-state index in [2.05, 4.69) is 68.2 Å². The fourth-order valence-electron chi connectivity index (χ4n) is 3.28. The fourth-order valence-corrected chi connectivity index (χ4v) is 3.28. The van der Waals surface area contributed by atoms with Crippen molar-refractivity contribution in [2.75, 3.05) is 26.8 Å². The van der Waals surface area contributed by atoms with Crippen LogP contribution in [0.25, 0.3) is 0 Å². The number of nitrogens with one attached hydrogen (secondary N) is 1. The van der Waals surface area contributed by atoms with Crippen LogP contribution in [-0.2, 0) is 10.3 Å². The van der Waals surface area contributed by atoms with Crippen molar-refractivity contribution in [3.8, 4) is 0 Å². The number of nitrogens with zero attached hydrogens (tertiary/aromatic N) is 1. The molecule has 1 fully saturated rings. The van der Waals surface area contributed by atoms with E-state index in [0.29, 0.717) is 6.04 Å². The molecule has 2 atom stereocenters. The van der Waals surface area contributed by atoms with Crippen molar-refractivity contribution in [3.63, 3.8) is 0 Å². The molecule has 20 heavy (non-hydrogen) atoms. The summed E-state index contributed by atoms with van der Waals surface area (Å²) in [5, 5.41) is 3.72. The predicted octanol–water partition coefficient (Wildman–Crippen LogP) is 2.62. The van der Waals surface area contributed by atoms with Gasteiger partial charge in [0.05, 0.1) is 12.1 Å². The minimum atomic E-state index is -0.00121. The maximum atomic E-state index is 5.42. The van der Waals surface area contributed by atoms with E-state index < -0.39 is 0 Å². The molecule has 0 radical (unpaired) electrons. The molecular weight excluding hydrogens is 248 g/mol. The van der Waals surface area contributed by atoms with Gasteiger partial charge in [-0.15, -0.1) is 0 Å². The molecule has 2 rings (SSSR count). The average molecular weight is 276 g/mol. The molecule has 0 bridgehead atoms. The summed E-state index contributed by atoms with van der Waals surface area (Å²) >= 11 is 0. The zero-order valence-corrected chi connectivity index (χ0v) is 13.4. The smallest absolute Gasteiger partial charge is 0.0641 e. The molecule has 1 aromatic carbocycles. The summed E-state index contributed by atoms with van der Waals surface area (Å²) in [5.41, 5.74) is 1.40. The number of ether oxygens (including phenoxy) is 1. The van der Waals surface area contributed by atoms with E-state index in [9.17, 15) is 0 Å². The van der Waals surface area contributed by atoms with Crippen molar-refractivity contribution in [2.45, 2.75) is 44.8 Å². The Morgan fingerprint density at radius 3 is 2.60 bits per heavy atom. The quantitative estimate of drug-likeness (QED) is 0.915. The minimum Gasteiger partial charge on any atom is -0.383 e. The highest BCUT2D eigenvalue weighted by Gasteiger charge is 2.41. The highest BCUT2D eigenvalue weighted by atomic mass is 16.5. The lowest BCUT2D eigenvalue weighted by molar-refractivity contribution is -0.0293. The van der Waals surface area contributed by atoms with Crippen molar-refractivity contribution in [1.29, 1.82) is 0 Å². The fraction of sp³-hybridized carbons (Fsp3) is 0.647. The van der Waals surface area contributed by atoms with Gasteiger partial charge >= 0.3 is 0 Å². The number of hydrogen-bond acceptors (Lipinski definition) is 3. The monoisotopic (exact) mass is 276 g/mol. The van der Waals surface area contributed by atoms with E-state index in [1.807, 2.05) is 0 Å². The van der Waals surface area contributed by atoms with Crippen LogP contribution in [0, 0.1) is 0 Å². The summed E-state index contributed by atoms with van der Waals surface area (Å²) in [6.07, 6.45) is 0. The van der Waals surface area contributed by atoms with Gasteiger partial charge in [-0.3, -0.25) is 4.90 Å². The summed E-state index contributed by atoms with van der Waals surface area (Å²) in [5.74, 6) is 0. The molecule has 0 amide bonds. The Hall–Kier alpha value is -0.900. The third-order valence-electron chi connectivity index (χ3n) is 4.49. The predicted molar refractivity (Wildman–Crippen MR) is 83.9 cm³/mol. The number of hydrogen-bond donors (Lipinski definition) is 1. The Morgan fingerprint density at radius 1 is 1.35 bits per heavy atom. The maximum absolute atomic E-state index is 5.42. The van der Waals surface area contributed by atoms with Gasteiger partial charge in [0.1, 0.15) is 0 Å². The highest BCUT2D eigenvalue weighted by Crippen LogP contribution is 2.30.